The van der Waals surface area contributed by atoms with E-state index in [1.54, 1.807) is 0 Å². The van der Waals surface area contributed by atoms with Gasteiger partial charge in [0, 0.05) is 7.11 Å². The minimum absolute atomic E-state index is 0.00491. The molecule has 1 aliphatic rings. The second-order valence-electron chi connectivity index (χ2n) is 3.24. The number of methoxy groups -OCH3 is 2. The van der Waals surface area contributed by atoms with Gasteiger partial charge in [-0.2, -0.15) is 0 Å². The van der Waals surface area contributed by atoms with Crippen LogP contribution in [0, 0.1) is 0 Å². The summed E-state index contributed by atoms with van der Waals surface area (Å²) in [6.07, 6.45) is -3.90. The lowest BCUT2D eigenvalue weighted by Crippen LogP contribution is -2.50. The lowest BCUT2D eigenvalue weighted by Gasteiger charge is -2.33. The van der Waals surface area contributed by atoms with E-state index in [0.29, 0.717) is 0 Å². The predicted octanol–water partition coefficient (Wildman–Crippen LogP) is -1.80. The van der Waals surface area contributed by atoms with Crippen LogP contribution in [0.15, 0.2) is 11.6 Å². The van der Waals surface area contributed by atoms with E-state index in [9.17, 15) is 20.1 Å². The van der Waals surface area contributed by atoms with Gasteiger partial charge in [-0.1, -0.05) is 0 Å². The van der Waals surface area contributed by atoms with Crippen molar-refractivity contribution in [1.82, 2.24) is 0 Å². The molecule has 0 aromatic rings. The van der Waals surface area contributed by atoms with E-state index in [1.807, 2.05) is 0 Å². The van der Waals surface area contributed by atoms with Crippen LogP contribution in [-0.2, 0) is 14.3 Å². The molecule has 1 aliphatic carbocycles. The number of hydrogen-bond donors (Lipinski definition) is 3. The SMILES string of the molecule is COC(=O)C1=CC(O)C(O)C(O)C1OC. The van der Waals surface area contributed by atoms with Crippen LogP contribution in [0.25, 0.3) is 0 Å². The van der Waals surface area contributed by atoms with E-state index in [0.717, 1.165) is 6.08 Å². The standard InChI is InChI=1S/C9H14O6/c1-14-8-4(9(13)15-2)3-5(10)6(11)7(8)12/h3,5-8,10-12H,1-2H3. The minimum Gasteiger partial charge on any atom is -0.466 e. The molecule has 0 aromatic heterocycles. The van der Waals surface area contributed by atoms with Gasteiger partial charge >= 0.3 is 5.97 Å². The molecular formula is C9H14O6. The zero-order valence-corrected chi connectivity index (χ0v) is 8.45. The van der Waals surface area contributed by atoms with Crippen LogP contribution < -0.4 is 0 Å². The molecule has 6 nitrogen and oxygen atoms in total. The third kappa shape index (κ3) is 2.18. The topological polar surface area (TPSA) is 96.2 Å². The molecule has 0 aromatic carbocycles. The molecule has 3 N–H and O–H groups in total. The molecule has 0 heterocycles. The van der Waals surface area contributed by atoms with Crippen molar-refractivity contribution in [3.63, 3.8) is 0 Å². The molecule has 0 bridgehead atoms. The lowest BCUT2D eigenvalue weighted by atomic mass is 9.89. The van der Waals surface area contributed by atoms with Crippen LogP contribution in [0.3, 0.4) is 0 Å². The Labute approximate surface area is 86.7 Å². The van der Waals surface area contributed by atoms with Crippen molar-refractivity contribution < 1.29 is 29.6 Å². The van der Waals surface area contributed by atoms with E-state index in [1.165, 1.54) is 14.2 Å². The summed E-state index contributed by atoms with van der Waals surface area (Å²) in [5.41, 5.74) is 0.00491. The van der Waals surface area contributed by atoms with Gasteiger partial charge in [0.25, 0.3) is 0 Å². The first-order chi connectivity index (χ1) is 7.02. The number of ether oxygens (including phenoxy) is 2. The van der Waals surface area contributed by atoms with Crippen LogP contribution >= 0.6 is 0 Å². The van der Waals surface area contributed by atoms with Crippen LogP contribution in [0.5, 0.6) is 0 Å². The number of esters is 1. The van der Waals surface area contributed by atoms with Crippen LogP contribution in [0.2, 0.25) is 0 Å². The second-order valence-corrected chi connectivity index (χ2v) is 3.24. The van der Waals surface area contributed by atoms with E-state index < -0.39 is 30.4 Å². The van der Waals surface area contributed by atoms with Gasteiger partial charge in [0.15, 0.2) is 0 Å². The zero-order chi connectivity index (χ0) is 11.6. The predicted molar refractivity (Wildman–Crippen MR) is 48.9 cm³/mol. The monoisotopic (exact) mass is 218 g/mol. The van der Waals surface area contributed by atoms with Crippen molar-refractivity contribution in [2.75, 3.05) is 14.2 Å². The molecule has 1 rings (SSSR count). The van der Waals surface area contributed by atoms with Crippen molar-refractivity contribution >= 4 is 5.97 Å². The molecule has 4 atom stereocenters. The van der Waals surface area contributed by atoms with Gasteiger partial charge in [-0.15, -0.1) is 0 Å². The minimum atomic E-state index is -1.37. The largest absolute Gasteiger partial charge is 0.466 e. The highest BCUT2D eigenvalue weighted by molar-refractivity contribution is 5.90. The highest BCUT2D eigenvalue weighted by Gasteiger charge is 2.40. The Morgan fingerprint density at radius 1 is 1.27 bits per heavy atom. The zero-order valence-electron chi connectivity index (χ0n) is 8.45. The van der Waals surface area contributed by atoms with Crippen LogP contribution in [0.1, 0.15) is 0 Å². The fourth-order valence-corrected chi connectivity index (χ4v) is 1.51. The van der Waals surface area contributed by atoms with Gasteiger partial charge in [0.1, 0.15) is 24.4 Å². The van der Waals surface area contributed by atoms with Gasteiger partial charge in [0.05, 0.1) is 12.7 Å². The van der Waals surface area contributed by atoms with Crippen molar-refractivity contribution in [1.29, 1.82) is 0 Å². The van der Waals surface area contributed by atoms with E-state index in [2.05, 4.69) is 4.74 Å². The van der Waals surface area contributed by atoms with E-state index in [-0.39, 0.29) is 5.57 Å². The Morgan fingerprint density at radius 2 is 1.87 bits per heavy atom. The number of rotatable bonds is 2. The summed E-state index contributed by atoms with van der Waals surface area (Å²) in [6, 6.07) is 0. The third-order valence-electron chi connectivity index (χ3n) is 2.34. The molecule has 0 saturated heterocycles. The van der Waals surface area contributed by atoms with Crippen LogP contribution in [0.4, 0.5) is 0 Å². The molecule has 86 valence electrons. The molecule has 0 spiro atoms. The maximum absolute atomic E-state index is 11.3. The number of aliphatic hydroxyl groups is 3. The van der Waals surface area contributed by atoms with Crippen molar-refractivity contribution in [3.05, 3.63) is 11.6 Å². The summed E-state index contributed by atoms with van der Waals surface area (Å²) in [5, 5.41) is 28.2. The lowest BCUT2D eigenvalue weighted by molar-refractivity contribution is -0.143. The molecule has 0 radical (unpaired) electrons. The highest BCUT2D eigenvalue weighted by Crippen LogP contribution is 2.23. The molecule has 0 saturated carbocycles. The summed E-state index contributed by atoms with van der Waals surface area (Å²) < 4.78 is 9.33. The first kappa shape index (κ1) is 12.1. The average molecular weight is 218 g/mol. The Bertz CT molecular complexity index is 274. The maximum Gasteiger partial charge on any atom is 0.336 e. The Hall–Kier alpha value is -0.950. The summed E-state index contributed by atoms with van der Waals surface area (Å²) in [7, 11) is 2.47. The van der Waals surface area contributed by atoms with Gasteiger partial charge in [-0.25, -0.2) is 4.79 Å². The number of carbonyl (C=O) groups excluding carboxylic acids is 1. The van der Waals surface area contributed by atoms with Crippen molar-refractivity contribution in [2.24, 2.45) is 0 Å². The fourth-order valence-electron chi connectivity index (χ4n) is 1.51. The molecular weight excluding hydrogens is 204 g/mol. The van der Waals surface area contributed by atoms with E-state index in [4.69, 9.17) is 4.74 Å². The van der Waals surface area contributed by atoms with E-state index >= 15 is 0 Å². The third-order valence-corrected chi connectivity index (χ3v) is 2.34. The van der Waals surface area contributed by atoms with Gasteiger partial charge in [0.2, 0.25) is 0 Å². The molecule has 15 heavy (non-hydrogen) atoms. The van der Waals surface area contributed by atoms with Crippen molar-refractivity contribution in [2.45, 2.75) is 24.4 Å². The van der Waals surface area contributed by atoms with Gasteiger partial charge in [-0.05, 0) is 6.08 Å². The first-order valence-corrected chi connectivity index (χ1v) is 4.40. The molecule has 0 amide bonds. The molecule has 0 fully saturated rings. The smallest absolute Gasteiger partial charge is 0.336 e. The molecule has 0 aliphatic heterocycles. The summed E-state index contributed by atoms with van der Waals surface area (Å²) in [4.78, 5) is 11.3. The van der Waals surface area contributed by atoms with Crippen molar-refractivity contribution in [3.8, 4) is 0 Å². The van der Waals surface area contributed by atoms with Crippen LogP contribution in [-0.4, -0.2) is 59.9 Å². The second kappa shape index (κ2) is 4.71. The Morgan fingerprint density at radius 3 is 2.33 bits per heavy atom. The number of aliphatic hydroxyl groups excluding tert-OH is 3. The van der Waals surface area contributed by atoms with Gasteiger partial charge in [-0.3, -0.25) is 0 Å². The van der Waals surface area contributed by atoms with Gasteiger partial charge < -0.3 is 24.8 Å². The number of hydrogen-bond acceptors (Lipinski definition) is 6. The Balaban J connectivity index is 3.01. The summed E-state index contributed by atoms with van der Waals surface area (Å²) in [6.45, 7) is 0. The summed E-state index contributed by atoms with van der Waals surface area (Å²) >= 11 is 0. The Kier molecular flexibility index (Phi) is 3.81. The summed E-state index contributed by atoms with van der Waals surface area (Å²) in [5.74, 6) is -0.702. The molecule has 4 unspecified atom stereocenters. The molecule has 6 heteroatoms. The average Bonchev–Trinajstić information content (AvgIpc) is 2.24. The number of carbonyl (C=O) groups is 1. The first-order valence-electron chi connectivity index (χ1n) is 4.40. The maximum atomic E-state index is 11.3. The highest BCUT2D eigenvalue weighted by atomic mass is 16.5. The fraction of sp³-hybridized carbons (Fsp3) is 0.667. The quantitative estimate of drug-likeness (QED) is 0.473. The normalized spacial score (nSPS) is 35.9.